The van der Waals surface area contributed by atoms with Crippen molar-refractivity contribution in [1.29, 1.82) is 0 Å². The topological polar surface area (TPSA) is 0 Å². The van der Waals surface area contributed by atoms with E-state index in [1.54, 1.807) is 0 Å². The van der Waals surface area contributed by atoms with Crippen molar-refractivity contribution in [3.05, 3.63) is 34.3 Å². The largest absolute Gasteiger partial charge is 1.00 e. The quantitative estimate of drug-likeness (QED) is 0.444. The predicted molar refractivity (Wildman–Crippen MR) is 38.0 cm³/mol. The van der Waals surface area contributed by atoms with Crippen LogP contribution in [0.15, 0.2) is 22.7 Å². The second-order valence-corrected chi connectivity index (χ2v) is 2.69. The minimum Gasteiger partial charge on any atom is -0.179 e. The standard InChI is InChI=1S/C7H3BrF3.Li/c8-6-4-2-1-3-5(6)7(9,10)11;/h1-3H;/q-1;+1. The molecule has 0 aliphatic heterocycles. The molecule has 0 radical (unpaired) electrons. The Hall–Kier alpha value is 0.0874. The van der Waals surface area contributed by atoms with Gasteiger partial charge >= 0.3 is 25.0 Å². The third kappa shape index (κ3) is 2.85. The summed E-state index contributed by atoms with van der Waals surface area (Å²) in [6.45, 7) is 0. The molecule has 0 amide bonds. The molecule has 0 unspecified atom stereocenters. The van der Waals surface area contributed by atoms with Crippen molar-refractivity contribution in [2.24, 2.45) is 0 Å². The van der Waals surface area contributed by atoms with Crippen molar-refractivity contribution >= 4 is 15.9 Å². The van der Waals surface area contributed by atoms with Gasteiger partial charge < -0.3 is 0 Å². The molecule has 0 N–H and O–H groups in total. The van der Waals surface area contributed by atoms with Gasteiger partial charge in [-0.05, 0) is 5.56 Å². The van der Waals surface area contributed by atoms with Crippen molar-refractivity contribution in [3.8, 4) is 0 Å². The van der Waals surface area contributed by atoms with Crippen LogP contribution >= 0.6 is 15.9 Å². The molecule has 0 aromatic heterocycles. The smallest absolute Gasteiger partial charge is 0.179 e. The van der Waals surface area contributed by atoms with Crippen LogP contribution in [0.5, 0.6) is 0 Å². The number of benzene rings is 1. The van der Waals surface area contributed by atoms with Crippen LogP contribution in [0, 0.1) is 6.07 Å². The Morgan fingerprint density at radius 2 is 1.92 bits per heavy atom. The fourth-order valence-electron chi connectivity index (χ4n) is 0.635. The van der Waals surface area contributed by atoms with Gasteiger partial charge in [0.25, 0.3) is 0 Å². The first-order valence-electron chi connectivity index (χ1n) is 2.75. The molecule has 0 aliphatic carbocycles. The van der Waals surface area contributed by atoms with E-state index >= 15 is 0 Å². The molecular formula is C7H3BrF3Li. The van der Waals surface area contributed by atoms with Gasteiger partial charge in [0.1, 0.15) is 0 Å². The molecule has 0 bridgehead atoms. The zero-order valence-corrected chi connectivity index (χ0v) is 7.83. The predicted octanol–water partition coefficient (Wildman–Crippen LogP) is 0.272. The number of alkyl halides is 3. The summed E-state index contributed by atoms with van der Waals surface area (Å²) >= 11 is 2.76. The van der Waals surface area contributed by atoms with E-state index in [9.17, 15) is 13.2 Å². The number of hydrogen-bond donors (Lipinski definition) is 0. The summed E-state index contributed by atoms with van der Waals surface area (Å²) in [5, 5.41) is 0. The summed E-state index contributed by atoms with van der Waals surface area (Å²) in [4.78, 5) is 0. The maximum atomic E-state index is 12.0. The summed E-state index contributed by atoms with van der Waals surface area (Å²) < 4.78 is 35.9. The maximum Gasteiger partial charge on any atom is 1.00 e. The Morgan fingerprint density at radius 1 is 1.33 bits per heavy atom. The van der Waals surface area contributed by atoms with E-state index in [1.807, 2.05) is 0 Å². The zero-order valence-electron chi connectivity index (χ0n) is 6.24. The molecule has 1 rings (SSSR count). The Morgan fingerprint density at radius 3 is 2.25 bits per heavy atom. The van der Waals surface area contributed by atoms with Crippen LogP contribution in [-0.2, 0) is 6.18 Å². The number of halogens is 4. The molecule has 0 aliphatic rings. The van der Waals surface area contributed by atoms with Gasteiger partial charge in [0, 0.05) is 0 Å². The van der Waals surface area contributed by atoms with Gasteiger partial charge in [-0.25, -0.2) is 0 Å². The maximum absolute atomic E-state index is 12.0. The molecular weight excluding hydrogens is 228 g/mol. The van der Waals surface area contributed by atoms with Gasteiger partial charge in [0.05, 0.1) is 0 Å². The fraction of sp³-hybridized carbons (Fsp3) is 0.143. The van der Waals surface area contributed by atoms with E-state index in [0.717, 1.165) is 6.07 Å². The molecule has 0 saturated heterocycles. The Balaban J connectivity index is 0.00000121. The zero-order chi connectivity index (χ0) is 8.48. The van der Waals surface area contributed by atoms with Gasteiger partial charge in [0.15, 0.2) is 0 Å². The normalized spacial score (nSPS) is 10.7. The van der Waals surface area contributed by atoms with Crippen LogP contribution in [0.3, 0.4) is 0 Å². The van der Waals surface area contributed by atoms with E-state index in [0.29, 0.717) is 0 Å². The Kier molecular flexibility index (Phi) is 4.39. The second kappa shape index (κ2) is 4.36. The minimum atomic E-state index is -4.30. The van der Waals surface area contributed by atoms with E-state index in [4.69, 9.17) is 0 Å². The monoisotopic (exact) mass is 230 g/mol. The molecule has 1 aromatic carbocycles. The average molecular weight is 231 g/mol. The molecule has 0 spiro atoms. The molecule has 0 fully saturated rings. The van der Waals surface area contributed by atoms with E-state index in [-0.39, 0.29) is 23.3 Å². The minimum absolute atomic E-state index is 0. The van der Waals surface area contributed by atoms with Gasteiger partial charge in [-0.15, -0.1) is 0 Å². The number of hydrogen-bond acceptors (Lipinski definition) is 0. The van der Waals surface area contributed by atoms with Gasteiger partial charge in [-0.1, -0.05) is 20.4 Å². The average Bonchev–Trinajstić information content (AvgIpc) is 1.86. The molecule has 0 nitrogen and oxygen atoms in total. The summed E-state index contributed by atoms with van der Waals surface area (Å²) in [6, 6.07) is 6.12. The van der Waals surface area contributed by atoms with Crippen LogP contribution in [-0.4, -0.2) is 0 Å². The van der Waals surface area contributed by atoms with Gasteiger partial charge in [0.2, 0.25) is 0 Å². The molecule has 0 saturated carbocycles. The molecule has 5 heteroatoms. The first kappa shape index (κ1) is 12.1. The summed E-state index contributed by atoms with van der Waals surface area (Å²) in [7, 11) is 0. The van der Waals surface area contributed by atoms with Crippen molar-refractivity contribution in [2.45, 2.75) is 6.18 Å². The summed E-state index contributed by atoms with van der Waals surface area (Å²) in [6.07, 6.45) is -4.30. The van der Waals surface area contributed by atoms with Crippen LogP contribution < -0.4 is 18.9 Å². The van der Waals surface area contributed by atoms with Crippen LogP contribution in [0.1, 0.15) is 5.56 Å². The molecule has 1 aromatic rings. The van der Waals surface area contributed by atoms with Crippen molar-refractivity contribution in [3.63, 3.8) is 0 Å². The third-order valence-electron chi connectivity index (χ3n) is 1.11. The van der Waals surface area contributed by atoms with Crippen molar-refractivity contribution < 1.29 is 32.0 Å². The molecule has 12 heavy (non-hydrogen) atoms. The van der Waals surface area contributed by atoms with Crippen LogP contribution in [0.25, 0.3) is 0 Å². The second-order valence-electron chi connectivity index (χ2n) is 1.90. The first-order chi connectivity index (χ1) is 5.02. The van der Waals surface area contributed by atoms with E-state index < -0.39 is 11.7 Å². The van der Waals surface area contributed by atoms with Gasteiger partial charge in [-0.3, -0.25) is 0 Å². The first-order valence-corrected chi connectivity index (χ1v) is 3.54. The SMILES string of the molecule is FC(F)(F)c1ccc[c-]c1Br.[Li+]. The van der Waals surface area contributed by atoms with Gasteiger partial charge in [-0.2, -0.15) is 37.4 Å². The number of rotatable bonds is 0. The fourth-order valence-corrected chi connectivity index (χ4v) is 1.12. The summed E-state index contributed by atoms with van der Waals surface area (Å²) in [5.74, 6) is 0. The van der Waals surface area contributed by atoms with Crippen molar-refractivity contribution in [1.82, 2.24) is 0 Å². The van der Waals surface area contributed by atoms with E-state index in [2.05, 4.69) is 22.0 Å². The van der Waals surface area contributed by atoms with Crippen LogP contribution in [0.2, 0.25) is 0 Å². The molecule has 0 heterocycles. The Bertz CT molecular complexity index is 259. The molecule has 0 atom stereocenters. The Labute approximate surface area is 88.5 Å². The van der Waals surface area contributed by atoms with Crippen molar-refractivity contribution in [2.75, 3.05) is 0 Å². The van der Waals surface area contributed by atoms with E-state index in [1.165, 1.54) is 12.1 Å². The van der Waals surface area contributed by atoms with Crippen LogP contribution in [0.4, 0.5) is 13.2 Å². The third-order valence-corrected chi connectivity index (χ3v) is 1.77. The summed E-state index contributed by atoms with van der Waals surface area (Å²) in [5.41, 5.74) is -0.694. The molecule has 60 valence electrons.